The van der Waals surface area contributed by atoms with Crippen LogP contribution in [0.5, 0.6) is 0 Å². The number of carbonyl (C=O) groups excluding carboxylic acids is 1. The van der Waals surface area contributed by atoms with Gasteiger partial charge in [0.05, 0.1) is 5.56 Å². The monoisotopic (exact) mass is 262 g/mol. The van der Waals surface area contributed by atoms with E-state index >= 15 is 0 Å². The number of hydrogen-bond donors (Lipinski definition) is 2. The molecule has 0 saturated carbocycles. The number of nitrogens with two attached hydrogens (primary N) is 1. The molecule has 3 N–H and O–H groups in total. The number of carbonyl (C=O) groups is 1. The topological polar surface area (TPSA) is 71.2 Å². The zero-order valence-electron chi connectivity index (χ0n) is 11.6. The molecule has 1 amide bonds. The minimum Gasteiger partial charge on any atom is -0.384 e. The van der Waals surface area contributed by atoms with Gasteiger partial charge in [-0.25, -0.2) is 4.98 Å². The van der Waals surface area contributed by atoms with Crippen LogP contribution < -0.4 is 11.1 Å². The number of anilines is 1. The Kier molecular flexibility index (Phi) is 4.04. The maximum Gasteiger partial charge on any atom is 0.253 e. The Labute approximate surface area is 114 Å². The third kappa shape index (κ3) is 3.92. The van der Waals surface area contributed by atoms with E-state index in [-0.39, 0.29) is 11.4 Å². The minimum absolute atomic E-state index is 0.100. The molecule has 0 atom stereocenters. The van der Waals surface area contributed by atoms with Crippen molar-refractivity contribution in [2.24, 2.45) is 0 Å². The van der Waals surface area contributed by atoms with Crippen LogP contribution in [0.1, 0.15) is 37.0 Å². The highest BCUT2D eigenvalue weighted by Gasteiger charge is 2.25. The molecule has 5 heteroatoms. The van der Waals surface area contributed by atoms with Crippen LogP contribution in [-0.2, 0) is 0 Å². The predicted molar refractivity (Wildman–Crippen MR) is 75.9 cm³/mol. The Balaban J connectivity index is 1.94. The zero-order chi connectivity index (χ0) is 13.9. The maximum absolute atomic E-state index is 12.1. The van der Waals surface area contributed by atoms with Crippen LogP contribution >= 0.6 is 0 Å². The average Bonchev–Trinajstić information content (AvgIpc) is 2.81. The first-order chi connectivity index (χ1) is 8.96. The highest BCUT2D eigenvalue weighted by molar-refractivity contribution is 5.94. The number of aromatic nitrogens is 1. The number of amides is 1. The highest BCUT2D eigenvalue weighted by Crippen LogP contribution is 2.13. The second-order valence-electron chi connectivity index (χ2n) is 5.79. The van der Waals surface area contributed by atoms with Gasteiger partial charge in [-0.05, 0) is 51.9 Å². The lowest BCUT2D eigenvalue weighted by molar-refractivity contribution is 0.0893. The number of rotatable bonds is 4. The standard InChI is InChI=1S/C14H22N4O/c1-14(2,10-18-7-3-4-8-18)17-13(19)11-5-6-12(15)16-9-11/h5-6,9H,3-4,7-8,10H2,1-2H3,(H2,15,16)(H,17,19). The van der Waals surface area contributed by atoms with Crippen LogP contribution in [0.4, 0.5) is 5.82 Å². The van der Waals surface area contributed by atoms with Crippen molar-refractivity contribution in [3.8, 4) is 0 Å². The van der Waals surface area contributed by atoms with Gasteiger partial charge < -0.3 is 16.0 Å². The van der Waals surface area contributed by atoms with Gasteiger partial charge >= 0.3 is 0 Å². The molecule has 0 aliphatic carbocycles. The predicted octanol–water partition coefficient (Wildman–Crippen LogP) is 1.27. The van der Waals surface area contributed by atoms with E-state index < -0.39 is 0 Å². The molecule has 1 aliphatic rings. The second kappa shape index (κ2) is 5.57. The van der Waals surface area contributed by atoms with Crippen molar-refractivity contribution >= 4 is 11.7 Å². The summed E-state index contributed by atoms with van der Waals surface area (Å²) >= 11 is 0. The van der Waals surface area contributed by atoms with Gasteiger partial charge in [0.1, 0.15) is 5.82 Å². The molecule has 0 spiro atoms. The molecule has 104 valence electrons. The Hall–Kier alpha value is -1.62. The lowest BCUT2D eigenvalue weighted by Gasteiger charge is -2.31. The SMILES string of the molecule is CC(C)(CN1CCCC1)NC(=O)c1ccc(N)nc1. The maximum atomic E-state index is 12.1. The normalized spacial score (nSPS) is 16.5. The van der Waals surface area contributed by atoms with Crippen molar-refractivity contribution in [2.75, 3.05) is 25.4 Å². The summed E-state index contributed by atoms with van der Waals surface area (Å²) in [4.78, 5) is 18.5. The summed E-state index contributed by atoms with van der Waals surface area (Å²) in [5, 5.41) is 3.06. The first-order valence-corrected chi connectivity index (χ1v) is 6.73. The molecule has 19 heavy (non-hydrogen) atoms. The van der Waals surface area contributed by atoms with Gasteiger partial charge in [0.2, 0.25) is 0 Å². The Morgan fingerprint density at radius 2 is 2.11 bits per heavy atom. The lowest BCUT2D eigenvalue weighted by Crippen LogP contribution is -2.51. The summed E-state index contributed by atoms with van der Waals surface area (Å²) < 4.78 is 0. The number of nitrogens with one attached hydrogen (secondary N) is 1. The lowest BCUT2D eigenvalue weighted by atomic mass is 10.0. The first-order valence-electron chi connectivity index (χ1n) is 6.73. The van der Waals surface area contributed by atoms with Crippen molar-refractivity contribution in [1.82, 2.24) is 15.2 Å². The molecule has 1 aromatic rings. The fourth-order valence-corrected chi connectivity index (χ4v) is 2.46. The summed E-state index contributed by atoms with van der Waals surface area (Å²) in [5.41, 5.74) is 5.81. The number of nitrogens with zero attached hydrogens (tertiary/aromatic N) is 2. The van der Waals surface area contributed by atoms with Crippen molar-refractivity contribution in [3.05, 3.63) is 23.9 Å². The van der Waals surface area contributed by atoms with Crippen LogP contribution in [-0.4, -0.2) is 41.0 Å². The van der Waals surface area contributed by atoms with E-state index in [0.29, 0.717) is 11.4 Å². The third-order valence-electron chi connectivity index (χ3n) is 3.32. The summed E-state index contributed by atoms with van der Waals surface area (Å²) in [6, 6.07) is 3.34. The van der Waals surface area contributed by atoms with Crippen LogP contribution in [0.2, 0.25) is 0 Å². The molecule has 1 aromatic heterocycles. The molecule has 1 aliphatic heterocycles. The van der Waals surface area contributed by atoms with Crippen LogP contribution in [0.3, 0.4) is 0 Å². The van der Waals surface area contributed by atoms with Gasteiger partial charge in [-0.3, -0.25) is 4.79 Å². The fourth-order valence-electron chi connectivity index (χ4n) is 2.46. The fraction of sp³-hybridized carbons (Fsp3) is 0.571. The zero-order valence-corrected chi connectivity index (χ0v) is 11.6. The van der Waals surface area contributed by atoms with Gasteiger partial charge in [0.25, 0.3) is 5.91 Å². The summed E-state index contributed by atoms with van der Waals surface area (Å²) in [7, 11) is 0. The molecule has 1 saturated heterocycles. The van der Waals surface area contributed by atoms with Crippen molar-refractivity contribution in [2.45, 2.75) is 32.2 Å². The number of hydrogen-bond acceptors (Lipinski definition) is 4. The van der Waals surface area contributed by atoms with Crippen LogP contribution in [0.25, 0.3) is 0 Å². The first kappa shape index (κ1) is 13.8. The summed E-state index contributed by atoms with van der Waals surface area (Å²) in [6.45, 7) is 7.23. The third-order valence-corrected chi connectivity index (χ3v) is 3.32. The van der Waals surface area contributed by atoms with Crippen molar-refractivity contribution in [3.63, 3.8) is 0 Å². The van der Waals surface area contributed by atoms with E-state index in [1.54, 1.807) is 12.1 Å². The minimum atomic E-state index is -0.247. The van der Waals surface area contributed by atoms with Gasteiger partial charge in [0, 0.05) is 18.3 Å². The Bertz CT molecular complexity index is 435. The second-order valence-corrected chi connectivity index (χ2v) is 5.79. The van der Waals surface area contributed by atoms with Crippen LogP contribution in [0, 0.1) is 0 Å². The van der Waals surface area contributed by atoms with Gasteiger partial charge in [-0.15, -0.1) is 0 Å². The molecule has 2 rings (SSSR count). The van der Waals surface area contributed by atoms with E-state index in [1.807, 2.05) is 13.8 Å². The smallest absolute Gasteiger partial charge is 0.253 e. The van der Waals surface area contributed by atoms with Gasteiger partial charge in [-0.1, -0.05) is 0 Å². The van der Waals surface area contributed by atoms with E-state index in [1.165, 1.54) is 19.0 Å². The van der Waals surface area contributed by atoms with Gasteiger partial charge in [0.15, 0.2) is 0 Å². The van der Waals surface area contributed by atoms with E-state index in [2.05, 4.69) is 15.2 Å². The Morgan fingerprint density at radius 3 is 2.68 bits per heavy atom. The van der Waals surface area contributed by atoms with Gasteiger partial charge in [-0.2, -0.15) is 0 Å². The molecular formula is C14H22N4O. The quantitative estimate of drug-likeness (QED) is 0.857. The van der Waals surface area contributed by atoms with Crippen molar-refractivity contribution < 1.29 is 4.79 Å². The average molecular weight is 262 g/mol. The Morgan fingerprint density at radius 1 is 1.42 bits per heavy atom. The van der Waals surface area contributed by atoms with E-state index in [0.717, 1.165) is 19.6 Å². The largest absolute Gasteiger partial charge is 0.384 e. The molecule has 2 heterocycles. The van der Waals surface area contributed by atoms with E-state index in [4.69, 9.17) is 5.73 Å². The molecule has 5 nitrogen and oxygen atoms in total. The molecule has 0 unspecified atom stereocenters. The highest BCUT2D eigenvalue weighted by atomic mass is 16.1. The molecule has 0 radical (unpaired) electrons. The molecule has 1 fully saturated rings. The summed E-state index contributed by atoms with van der Waals surface area (Å²) in [5.74, 6) is 0.324. The van der Waals surface area contributed by atoms with Crippen LogP contribution in [0.15, 0.2) is 18.3 Å². The molecule has 0 bridgehead atoms. The van der Waals surface area contributed by atoms with Crippen molar-refractivity contribution in [1.29, 1.82) is 0 Å². The molecular weight excluding hydrogens is 240 g/mol. The summed E-state index contributed by atoms with van der Waals surface area (Å²) in [6.07, 6.45) is 4.02. The number of likely N-dealkylation sites (tertiary alicyclic amines) is 1. The molecule has 0 aromatic carbocycles. The van der Waals surface area contributed by atoms with E-state index in [9.17, 15) is 4.79 Å². The number of nitrogen functional groups attached to an aromatic ring is 1. The number of pyridine rings is 1.